The maximum Gasteiger partial charge on any atom is 0.264 e. The summed E-state index contributed by atoms with van der Waals surface area (Å²) < 4.78 is 0. The number of nitrogens with zero attached hydrogens (tertiary/aromatic N) is 1. The van der Waals surface area contributed by atoms with Gasteiger partial charge in [0, 0.05) is 26.1 Å². The summed E-state index contributed by atoms with van der Waals surface area (Å²) in [6.45, 7) is 1.27. The smallest absolute Gasteiger partial charge is 0.264 e. The van der Waals surface area contributed by atoms with Crippen molar-refractivity contribution in [3.05, 3.63) is 21.9 Å². The van der Waals surface area contributed by atoms with Crippen LogP contribution in [0.3, 0.4) is 0 Å². The molecule has 0 atom stereocenters. The third-order valence-electron chi connectivity index (χ3n) is 2.71. The molecule has 2 amide bonds. The Labute approximate surface area is 115 Å². The maximum atomic E-state index is 12.2. The predicted molar refractivity (Wildman–Crippen MR) is 71.8 cm³/mol. The second kappa shape index (κ2) is 6.36. The van der Waals surface area contributed by atoms with Gasteiger partial charge in [-0.15, -0.1) is 11.3 Å². The highest BCUT2D eigenvalue weighted by Gasteiger charge is 2.20. The number of hydrogen-bond acceptors (Lipinski definition) is 4. The van der Waals surface area contributed by atoms with E-state index >= 15 is 0 Å². The molecule has 1 fully saturated rings. The van der Waals surface area contributed by atoms with E-state index in [4.69, 9.17) is 5.11 Å². The summed E-state index contributed by atoms with van der Waals surface area (Å²) in [4.78, 5) is 26.5. The standard InChI is InChI=1S/C13H14N2O3S/c16-9-1-2-10-3-4-11(19-10)13(18)15-7-5-12(17)14-6-8-15/h3-4,16H,5-9H2,(H,14,17). The largest absolute Gasteiger partial charge is 0.384 e. The lowest BCUT2D eigenvalue weighted by molar-refractivity contribution is -0.120. The number of carbonyl (C=O) groups is 2. The molecule has 0 aliphatic carbocycles. The SMILES string of the molecule is O=C1CCN(C(=O)c2ccc(C#CCO)s2)CCN1. The van der Waals surface area contributed by atoms with E-state index in [1.807, 2.05) is 0 Å². The van der Waals surface area contributed by atoms with Crippen molar-refractivity contribution in [2.75, 3.05) is 26.2 Å². The number of rotatable bonds is 1. The Morgan fingerprint density at radius 1 is 1.47 bits per heavy atom. The van der Waals surface area contributed by atoms with Crippen LogP contribution in [0.1, 0.15) is 21.0 Å². The molecule has 2 rings (SSSR count). The quantitative estimate of drug-likeness (QED) is 0.713. The Hall–Kier alpha value is -1.84. The molecule has 2 heterocycles. The molecule has 2 N–H and O–H groups in total. The predicted octanol–water partition coefficient (Wildman–Crippen LogP) is 0.0540. The Kier molecular flexibility index (Phi) is 4.55. The van der Waals surface area contributed by atoms with Crippen LogP contribution in [0.4, 0.5) is 0 Å². The summed E-state index contributed by atoms with van der Waals surface area (Å²) in [6, 6.07) is 3.50. The van der Waals surface area contributed by atoms with Crippen molar-refractivity contribution in [3.63, 3.8) is 0 Å². The summed E-state index contributed by atoms with van der Waals surface area (Å²) >= 11 is 1.30. The van der Waals surface area contributed by atoms with Crippen molar-refractivity contribution >= 4 is 23.2 Å². The monoisotopic (exact) mass is 278 g/mol. The van der Waals surface area contributed by atoms with Gasteiger partial charge in [0.2, 0.25) is 5.91 Å². The first-order valence-electron chi connectivity index (χ1n) is 5.96. The Balaban J connectivity index is 2.06. The second-order valence-corrected chi connectivity index (χ2v) is 5.10. The molecular weight excluding hydrogens is 264 g/mol. The summed E-state index contributed by atoms with van der Waals surface area (Å²) in [5.41, 5.74) is 0. The number of aliphatic hydroxyl groups excluding tert-OH is 1. The van der Waals surface area contributed by atoms with E-state index in [1.54, 1.807) is 17.0 Å². The van der Waals surface area contributed by atoms with Gasteiger partial charge in [0.15, 0.2) is 0 Å². The first-order chi connectivity index (χ1) is 9.20. The Bertz CT molecular complexity index is 542. The van der Waals surface area contributed by atoms with Crippen molar-refractivity contribution in [2.24, 2.45) is 0 Å². The van der Waals surface area contributed by atoms with E-state index in [0.717, 1.165) is 4.88 Å². The number of nitrogens with one attached hydrogen (secondary N) is 1. The molecular formula is C13H14N2O3S. The molecule has 1 aromatic heterocycles. The zero-order valence-electron chi connectivity index (χ0n) is 10.3. The normalized spacial score (nSPS) is 15.2. The molecule has 1 aliphatic heterocycles. The molecule has 0 aromatic carbocycles. The zero-order valence-corrected chi connectivity index (χ0v) is 11.1. The summed E-state index contributed by atoms with van der Waals surface area (Å²) in [7, 11) is 0. The topological polar surface area (TPSA) is 69.6 Å². The first kappa shape index (κ1) is 13.6. The molecule has 0 bridgehead atoms. The van der Waals surface area contributed by atoms with E-state index in [9.17, 15) is 9.59 Å². The van der Waals surface area contributed by atoms with Crippen LogP contribution >= 0.6 is 11.3 Å². The van der Waals surface area contributed by atoms with Gasteiger partial charge in [-0.05, 0) is 12.1 Å². The minimum Gasteiger partial charge on any atom is -0.384 e. The third kappa shape index (κ3) is 3.56. The van der Waals surface area contributed by atoms with Crippen LogP contribution in [0.15, 0.2) is 12.1 Å². The molecule has 0 saturated carbocycles. The molecule has 1 aliphatic rings. The van der Waals surface area contributed by atoms with Gasteiger partial charge in [-0.2, -0.15) is 0 Å². The maximum absolute atomic E-state index is 12.2. The van der Waals surface area contributed by atoms with E-state index in [1.165, 1.54) is 11.3 Å². The van der Waals surface area contributed by atoms with Crippen LogP contribution in [0, 0.1) is 11.8 Å². The highest BCUT2D eigenvalue weighted by molar-refractivity contribution is 7.14. The van der Waals surface area contributed by atoms with Gasteiger partial charge >= 0.3 is 0 Å². The highest BCUT2D eigenvalue weighted by atomic mass is 32.1. The van der Waals surface area contributed by atoms with Crippen LogP contribution in [0.25, 0.3) is 0 Å². The van der Waals surface area contributed by atoms with Crippen LogP contribution in [0.5, 0.6) is 0 Å². The number of carbonyl (C=O) groups excluding carboxylic acids is 2. The van der Waals surface area contributed by atoms with Crippen molar-refractivity contribution < 1.29 is 14.7 Å². The van der Waals surface area contributed by atoms with Crippen LogP contribution < -0.4 is 5.32 Å². The van der Waals surface area contributed by atoms with Crippen molar-refractivity contribution in [2.45, 2.75) is 6.42 Å². The fraction of sp³-hybridized carbons (Fsp3) is 0.385. The highest BCUT2D eigenvalue weighted by Crippen LogP contribution is 2.18. The molecule has 100 valence electrons. The van der Waals surface area contributed by atoms with Gasteiger partial charge in [0.25, 0.3) is 5.91 Å². The Morgan fingerprint density at radius 3 is 3.11 bits per heavy atom. The fourth-order valence-corrected chi connectivity index (χ4v) is 2.62. The molecule has 1 saturated heterocycles. The lowest BCUT2D eigenvalue weighted by atomic mass is 10.3. The summed E-state index contributed by atoms with van der Waals surface area (Å²) in [5, 5.41) is 11.4. The molecule has 0 unspecified atom stereocenters. The van der Waals surface area contributed by atoms with Crippen molar-refractivity contribution in [1.29, 1.82) is 0 Å². The van der Waals surface area contributed by atoms with Gasteiger partial charge < -0.3 is 15.3 Å². The fourth-order valence-electron chi connectivity index (χ4n) is 1.77. The average Bonchev–Trinajstić information content (AvgIpc) is 2.78. The minimum atomic E-state index is -0.193. The molecule has 6 heteroatoms. The lowest BCUT2D eigenvalue weighted by Gasteiger charge is -2.18. The molecule has 1 aromatic rings. The van der Waals surface area contributed by atoms with Crippen LogP contribution in [0.2, 0.25) is 0 Å². The van der Waals surface area contributed by atoms with Gasteiger partial charge in [-0.3, -0.25) is 9.59 Å². The van der Waals surface area contributed by atoms with Crippen molar-refractivity contribution in [3.8, 4) is 11.8 Å². The minimum absolute atomic E-state index is 0.0176. The number of thiophene rings is 1. The van der Waals surface area contributed by atoms with E-state index in [-0.39, 0.29) is 18.4 Å². The first-order valence-corrected chi connectivity index (χ1v) is 6.78. The molecule has 0 spiro atoms. The average molecular weight is 278 g/mol. The van der Waals surface area contributed by atoms with Crippen LogP contribution in [-0.4, -0.2) is 48.1 Å². The van der Waals surface area contributed by atoms with Gasteiger partial charge in [0.05, 0.1) is 9.75 Å². The van der Waals surface area contributed by atoms with Gasteiger partial charge in [0.1, 0.15) is 6.61 Å². The third-order valence-corrected chi connectivity index (χ3v) is 3.70. The zero-order chi connectivity index (χ0) is 13.7. The summed E-state index contributed by atoms with van der Waals surface area (Å²) in [5.74, 6) is 5.23. The van der Waals surface area contributed by atoms with Gasteiger partial charge in [-0.1, -0.05) is 11.8 Å². The second-order valence-electron chi connectivity index (χ2n) is 4.02. The number of amides is 2. The molecule has 5 nitrogen and oxygen atoms in total. The molecule has 19 heavy (non-hydrogen) atoms. The number of hydrogen-bond donors (Lipinski definition) is 2. The molecule has 0 radical (unpaired) electrons. The van der Waals surface area contributed by atoms with Gasteiger partial charge in [-0.25, -0.2) is 0 Å². The van der Waals surface area contributed by atoms with Crippen LogP contribution in [-0.2, 0) is 4.79 Å². The van der Waals surface area contributed by atoms with E-state index in [2.05, 4.69) is 17.2 Å². The Morgan fingerprint density at radius 2 is 2.32 bits per heavy atom. The number of aliphatic hydroxyl groups is 1. The van der Waals surface area contributed by atoms with Crippen molar-refractivity contribution in [1.82, 2.24) is 10.2 Å². The van der Waals surface area contributed by atoms with E-state index in [0.29, 0.717) is 30.9 Å². The van der Waals surface area contributed by atoms with E-state index < -0.39 is 0 Å². The summed E-state index contributed by atoms with van der Waals surface area (Å²) in [6.07, 6.45) is 0.342. The lowest BCUT2D eigenvalue weighted by Crippen LogP contribution is -2.33.